The van der Waals surface area contributed by atoms with E-state index in [4.69, 9.17) is 5.73 Å². The van der Waals surface area contributed by atoms with Crippen LogP contribution in [0.15, 0.2) is 18.2 Å². The number of anilines is 1. The molecule has 1 saturated heterocycles. The average molecular weight is 253 g/mol. The molecule has 6 heteroatoms. The Morgan fingerprint density at radius 1 is 1.41 bits per heavy atom. The Kier molecular flexibility index (Phi) is 3.86. The van der Waals surface area contributed by atoms with Gasteiger partial charge in [0.2, 0.25) is 0 Å². The van der Waals surface area contributed by atoms with Crippen molar-refractivity contribution in [3.8, 4) is 0 Å². The first-order chi connectivity index (χ1) is 8.16. The van der Waals surface area contributed by atoms with Gasteiger partial charge in [0.1, 0.15) is 5.69 Å². The second-order valence-corrected chi connectivity index (χ2v) is 5.26. The fourth-order valence-corrected chi connectivity index (χ4v) is 2.86. The zero-order chi connectivity index (χ0) is 12.3. The van der Waals surface area contributed by atoms with Gasteiger partial charge in [-0.2, -0.15) is 11.8 Å². The van der Waals surface area contributed by atoms with Crippen molar-refractivity contribution in [1.82, 2.24) is 4.90 Å². The number of benzene rings is 1. The van der Waals surface area contributed by atoms with Crippen molar-refractivity contribution in [1.29, 1.82) is 0 Å². The summed E-state index contributed by atoms with van der Waals surface area (Å²) < 4.78 is 0. The third-order valence-corrected chi connectivity index (χ3v) is 3.74. The SMILES string of the molecule is Nc1cc(CN2CCSCC2)ccc1[N+](=O)[O-]. The predicted octanol–water partition coefficient (Wildman–Crippen LogP) is 1.73. The summed E-state index contributed by atoms with van der Waals surface area (Å²) in [5.41, 5.74) is 6.94. The Morgan fingerprint density at radius 3 is 2.71 bits per heavy atom. The summed E-state index contributed by atoms with van der Waals surface area (Å²) in [6.45, 7) is 2.96. The van der Waals surface area contributed by atoms with Crippen molar-refractivity contribution in [2.24, 2.45) is 0 Å². The molecule has 92 valence electrons. The Labute approximate surface area is 104 Å². The molecule has 0 aromatic heterocycles. The quantitative estimate of drug-likeness (QED) is 0.504. The molecule has 1 aromatic rings. The minimum Gasteiger partial charge on any atom is -0.393 e. The van der Waals surface area contributed by atoms with Crippen molar-refractivity contribution < 1.29 is 4.92 Å². The molecule has 0 atom stereocenters. The van der Waals surface area contributed by atoms with Crippen LogP contribution in [-0.4, -0.2) is 34.4 Å². The van der Waals surface area contributed by atoms with Gasteiger partial charge < -0.3 is 5.73 Å². The normalized spacial score (nSPS) is 16.9. The zero-order valence-electron chi connectivity index (χ0n) is 9.46. The van der Waals surface area contributed by atoms with E-state index < -0.39 is 4.92 Å². The maximum Gasteiger partial charge on any atom is 0.292 e. The lowest BCUT2D eigenvalue weighted by Crippen LogP contribution is -2.31. The van der Waals surface area contributed by atoms with Gasteiger partial charge in [-0.05, 0) is 11.6 Å². The van der Waals surface area contributed by atoms with Crippen LogP contribution in [0, 0.1) is 10.1 Å². The smallest absolute Gasteiger partial charge is 0.292 e. The molecular weight excluding hydrogens is 238 g/mol. The molecule has 0 spiro atoms. The fourth-order valence-electron chi connectivity index (χ4n) is 1.89. The fraction of sp³-hybridized carbons (Fsp3) is 0.455. The van der Waals surface area contributed by atoms with Crippen molar-refractivity contribution in [2.75, 3.05) is 30.3 Å². The Morgan fingerprint density at radius 2 is 2.12 bits per heavy atom. The highest BCUT2D eigenvalue weighted by molar-refractivity contribution is 7.99. The Hall–Kier alpha value is -1.27. The van der Waals surface area contributed by atoms with Crippen molar-refractivity contribution in [3.05, 3.63) is 33.9 Å². The Balaban J connectivity index is 2.06. The number of hydrogen-bond acceptors (Lipinski definition) is 5. The minimum absolute atomic E-state index is 0.0112. The van der Waals surface area contributed by atoms with E-state index in [9.17, 15) is 10.1 Å². The van der Waals surface area contributed by atoms with Crippen LogP contribution in [0.25, 0.3) is 0 Å². The van der Waals surface area contributed by atoms with Gasteiger partial charge in [0.05, 0.1) is 4.92 Å². The van der Waals surface area contributed by atoms with Crippen LogP contribution in [0.1, 0.15) is 5.56 Å². The highest BCUT2D eigenvalue weighted by atomic mass is 32.2. The third-order valence-electron chi connectivity index (χ3n) is 2.80. The van der Waals surface area contributed by atoms with Gasteiger partial charge in [0.15, 0.2) is 0 Å². The first-order valence-electron chi connectivity index (χ1n) is 5.50. The van der Waals surface area contributed by atoms with Gasteiger partial charge in [-0.1, -0.05) is 6.07 Å². The molecule has 1 aliphatic heterocycles. The first kappa shape index (κ1) is 12.2. The lowest BCUT2D eigenvalue weighted by Gasteiger charge is -2.26. The van der Waals surface area contributed by atoms with E-state index in [0.29, 0.717) is 0 Å². The second-order valence-electron chi connectivity index (χ2n) is 4.04. The van der Waals surface area contributed by atoms with Gasteiger partial charge >= 0.3 is 0 Å². The highest BCUT2D eigenvalue weighted by Gasteiger charge is 2.14. The number of hydrogen-bond donors (Lipinski definition) is 1. The molecule has 0 aliphatic carbocycles. The summed E-state index contributed by atoms with van der Waals surface area (Å²) in [5.74, 6) is 2.31. The van der Waals surface area contributed by atoms with E-state index in [2.05, 4.69) is 4.90 Å². The van der Waals surface area contributed by atoms with E-state index >= 15 is 0 Å². The molecule has 0 bridgehead atoms. The Bertz CT molecular complexity index is 419. The largest absolute Gasteiger partial charge is 0.393 e. The summed E-state index contributed by atoms with van der Waals surface area (Å²) in [5, 5.41) is 10.6. The van der Waals surface area contributed by atoms with Crippen LogP contribution >= 0.6 is 11.8 Å². The maximum atomic E-state index is 10.6. The minimum atomic E-state index is -0.448. The summed E-state index contributed by atoms with van der Waals surface area (Å²) in [6.07, 6.45) is 0. The lowest BCUT2D eigenvalue weighted by atomic mass is 10.1. The number of rotatable bonds is 3. The molecule has 1 aromatic carbocycles. The molecule has 0 unspecified atom stereocenters. The highest BCUT2D eigenvalue weighted by Crippen LogP contribution is 2.23. The second kappa shape index (κ2) is 5.37. The van der Waals surface area contributed by atoms with Crippen molar-refractivity contribution in [3.63, 3.8) is 0 Å². The first-order valence-corrected chi connectivity index (χ1v) is 6.65. The maximum absolute atomic E-state index is 10.6. The van der Waals surface area contributed by atoms with Crippen molar-refractivity contribution in [2.45, 2.75) is 6.54 Å². The number of nitrogens with zero attached hydrogens (tertiary/aromatic N) is 2. The molecule has 0 amide bonds. The van der Waals surface area contributed by atoms with Crippen LogP contribution in [-0.2, 0) is 6.54 Å². The van der Waals surface area contributed by atoms with E-state index in [1.165, 1.54) is 6.07 Å². The van der Waals surface area contributed by atoms with Crippen molar-refractivity contribution >= 4 is 23.1 Å². The van der Waals surface area contributed by atoms with Crippen LogP contribution < -0.4 is 5.73 Å². The lowest BCUT2D eigenvalue weighted by molar-refractivity contribution is -0.383. The van der Waals surface area contributed by atoms with Gasteiger partial charge in [-0.25, -0.2) is 0 Å². The number of nitrogens with two attached hydrogens (primary N) is 1. The topological polar surface area (TPSA) is 72.4 Å². The number of thioether (sulfide) groups is 1. The molecule has 1 aliphatic rings. The monoisotopic (exact) mass is 253 g/mol. The molecular formula is C11H15N3O2S. The standard InChI is InChI=1S/C11H15N3O2S/c12-10-7-9(1-2-11(10)14(15)16)8-13-3-5-17-6-4-13/h1-2,7H,3-6,8,12H2. The van der Waals surface area contributed by atoms with Gasteiger partial charge in [-0.15, -0.1) is 0 Å². The van der Waals surface area contributed by atoms with Crippen LogP contribution in [0.5, 0.6) is 0 Å². The van der Waals surface area contributed by atoms with E-state index in [-0.39, 0.29) is 11.4 Å². The summed E-state index contributed by atoms with van der Waals surface area (Å²) in [6, 6.07) is 4.99. The molecule has 1 fully saturated rings. The molecule has 2 N–H and O–H groups in total. The number of nitro groups is 1. The van der Waals surface area contributed by atoms with Crippen LogP contribution in [0.2, 0.25) is 0 Å². The van der Waals surface area contributed by atoms with Crippen LogP contribution in [0.4, 0.5) is 11.4 Å². The van der Waals surface area contributed by atoms with Crippen LogP contribution in [0.3, 0.4) is 0 Å². The molecule has 0 radical (unpaired) electrons. The molecule has 0 saturated carbocycles. The number of nitrogen functional groups attached to an aromatic ring is 1. The third kappa shape index (κ3) is 3.10. The van der Waals surface area contributed by atoms with Gasteiger partial charge in [-0.3, -0.25) is 15.0 Å². The molecule has 17 heavy (non-hydrogen) atoms. The van der Waals surface area contributed by atoms with Gasteiger partial charge in [0.25, 0.3) is 5.69 Å². The summed E-state index contributed by atoms with van der Waals surface area (Å²) in [4.78, 5) is 12.5. The average Bonchev–Trinajstić information content (AvgIpc) is 2.30. The predicted molar refractivity (Wildman–Crippen MR) is 70.1 cm³/mol. The van der Waals surface area contributed by atoms with Gasteiger partial charge in [0, 0.05) is 37.2 Å². The zero-order valence-corrected chi connectivity index (χ0v) is 10.3. The molecule has 1 heterocycles. The van der Waals surface area contributed by atoms with E-state index in [1.54, 1.807) is 12.1 Å². The van der Waals surface area contributed by atoms with E-state index in [1.807, 2.05) is 11.8 Å². The summed E-state index contributed by atoms with van der Waals surface area (Å²) in [7, 11) is 0. The van der Waals surface area contributed by atoms with E-state index in [0.717, 1.165) is 36.7 Å². The molecule has 5 nitrogen and oxygen atoms in total. The molecule has 2 rings (SSSR count). The number of nitro benzene ring substituents is 1. The summed E-state index contributed by atoms with van der Waals surface area (Å²) >= 11 is 1.96.